The molecule has 138 valence electrons. The monoisotopic (exact) mass is 383 g/mol. The summed E-state index contributed by atoms with van der Waals surface area (Å²) in [6.45, 7) is 2.33. The number of carbonyl (C=O) groups excluding carboxylic acids is 2. The standard InChI is InChI=1S/C20H17NO5S/c1-13-3-2-4-16(11-13)26-10-9-21-18(22)17(27-20(21)25)12-14-5-7-15(8-6-14)19(23)24/h2-8,11-12H,9-10H2,1H3,(H,23,24)/b17-12-. The predicted molar refractivity (Wildman–Crippen MR) is 103 cm³/mol. The van der Waals surface area contributed by atoms with Gasteiger partial charge >= 0.3 is 5.97 Å². The van der Waals surface area contributed by atoms with Crippen LogP contribution in [0, 0.1) is 6.92 Å². The minimum atomic E-state index is -1.02. The van der Waals surface area contributed by atoms with Gasteiger partial charge in [-0.1, -0.05) is 24.3 Å². The van der Waals surface area contributed by atoms with Gasteiger partial charge in [0, 0.05) is 0 Å². The molecule has 3 rings (SSSR count). The number of hydrogen-bond acceptors (Lipinski definition) is 5. The van der Waals surface area contributed by atoms with E-state index in [2.05, 4.69) is 0 Å². The number of amides is 2. The lowest BCUT2D eigenvalue weighted by molar-refractivity contribution is -0.123. The Morgan fingerprint density at radius 2 is 1.93 bits per heavy atom. The maximum absolute atomic E-state index is 12.5. The van der Waals surface area contributed by atoms with Crippen LogP contribution in [0.3, 0.4) is 0 Å². The van der Waals surface area contributed by atoms with Crippen LogP contribution in [0.15, 0.2) is 53.4 Å². The van der Waals surface area contributed by atoms with E-state index in [1.54, 1.807) is 18.2 Å². The Morgan fingerprint density at radius 1 is 1.19 bits per heavy atom. The second-order valence-electron chi connectivity index (χ2n) is 5.93. The molecule has 27 heavy (non-hydrogen) atoms. The average molecular weight is 383 g/mol. The smallest absolute Gasteiger partial charge is 0.335 e. The van der Waals surface area contributed by atoms with Crippen LogP contribution in [-0.2, 0) is 4.79 Å². The first kappa shape index (κ1) is 18.7. The molecule has 1 heterocycles. The number of carboxylic acids is 1. The number of nitrogens with zero attached hydrogens (tertiary/aromatic N) is 1. The van der Waals surface area contributed by atoms with Gasteiger partial charge in [-0.2, -0.15) is 0 Å². The molecule has 0 aromatic heterocycles. The van der Waals surface area contributed by atoms with E-state index in [9.17, 15) is 14.4 Å². The third kappa shape index (κ3) is 4.57. The lowest BCUT2D eigenvalue weighted by Gasteiger charge is -2.13. The summed E-state index contributed by atoms with van der Waals surface area (Å²) in [5.74, 6) is -0.702. The summed E-state index contributed by atoms with van der Waals surface area (Å²) in [6.07, 6.45) is 1.58. The molecule has 1 N–H and O–H groups in total. The zero-order valence-electron chi connectivity index (χ0n) is 14.5. The second kappa shape index (κ2) is 8.09. The van der Waals surface area contributed by atoms with Gasteiger partial charge in [-0.15, -0.1) is 0 Å². The molecule has 0 unspecified atom stereocenters. The van der Waals surface area contributed by atoms with Crippen molar-refractivity contribution in [1.82, 2.24) is 4.90 Å². The molecule has 2 amide bonds. The number of carbonyl (C=O) groups is 3. The van der Waals surface area contributed by atoms with Crippen molar-refractivity contribution in [2.24, 2.45) is 0 Å². The number of carboxylic acid groups (broad SMARTS) is 1. The van der Waals surface area contributed by atoms with Crippen LogP contribution in [0.25, 0.3) is 6.08 Å². The number of benzene rings is 2. The van der Waals surface area contributed by atoms with Crippen LogP contribution in [0.1, 0.15) is 21.5 Å². The van der Waals surface area contributed by atoms with Crippen LogP contribution in [0.4, 0.5) is 4.79 Å². The van der Waals surface area contributed by atoms with Crippen molar-refractivity contribution in [3.63, 3.8) is 0 Å². The number of thioether (sulfide) groups is 1. The van der Waals surface area contributed by atoms with Crippen molar-refractivity contribution in [3.05, 3.63) is 70.1 Å². The summed E-state index contributed by atoms with van der Waals surface area (Å²) in [5.41, 5.74) is 1.88. The van der Waals surface area contributed by atoms with E-state index in [4.69, 9.17) is 9.84 Å². The number of imide groups is 1. The Labute approximate surface area is 160 Å². The average Bonchev–Trinajstić information content (AvgIpc) is 2.89. The van der Waals surface area contributed by atoms with E-state index >= 15 is 0 Å². The van der Waals surface area contributed by atoms with Crippen molar-refractivity contribution in [2.75, 3.05) is 13.2 Å². The highest BCUT2D eigenvalue weighted by Crippen LogP contribution is 2.32. The molecule has 2 aromatic rings. The summed E-state index contributed by atoms with van der Waals surface area (Å²) >= 11 is 0.862. The van der Waals surface area contributed by atoms with Crippen LogP contribution >= 0.6 is 11.8 Å². The van der Waals surface area contributed by atoms with Gasteiger partial charge in [0.25, 0.3) is 11.1 Å². The first-order chi connectivity index (χ1) is 12.9. The summed E-state index contributed by atoms with van der Waals surface area (Å²) in [5, 5.41) is 8.57. The fourth-order valence-electron chi connectivity index (χ4n) is 2.53. The summed E-state index contributed by atoms with van der Waals surface area (Å²) in [4.78, 5) is 36.9. The quantitative estimate of drug-likeness (QED) is 0.764. The van der Waals surface area contributed by atoms with Crippen molar-refractivity contribution >= 4 is 35.0 Å². The Hall–Kier alpha value is -3.06. The van der Waals surface area contributed by atoms with Crippen LogP contribution in [-0.4, -0.2) is 40.3 Å². The highest BCUT2D eigenvalue weighted by Gasteiger charge is 2.34. The van der Waals surface area contributed by atoms with E-state index in [0.29, 0.717) is 16.2 Å². The van der Waals surface area contributed by atoms with Gasteiger partial charge in [0.05, 0.1) is 17.0 Å². The first-order valence-corrected chi connectivity index (χ1v) is 9.04. The lowest BCUT2D eigenvalue weighted by atomic mass is 10.1. The van der Waals surface area contributed by atoms with E-state index in [0.717, 1.165) is 22.2 Å². The maximum Gasteiger partial charge on any atom is 0.335 e. The predicted octanol–water partition coefficient (Wildman–Crippen LogP) is 3.81. The molecule has 0 spiro atoms. The molecule has 0 bridgehead atoms. The highest BCUT2D eigenvalue weighted by molar-refractivity contribution is 8.18. The van der Waals surface area contributed by atoms with Crippen LogP contribution in [0.5, 0.6) is 5.75 Å². The Kier molecular flexibility index (Phi) is 5.61. The van der Waals surface area contributed by atoms with Crippen molar-refractivity contribution in [1.29, 1.82) is 0 Å². The van der Waals surface area contributed by atoms with Crippen LogP contribution < -0.4 is 4.74 Å². The molecule has 1 aliphatic rings. The Morgan fingerprint density at radius 3 is 2.59 bits per heavy atom. The van der Waals surface area contributed by atoms with Gasteiger partial charge in [0.15, 0.2) is 0 Å². The number of rotatable bonds is 6. The Bertz CT molecular complexity index is 920. The van der Waals surface area contributed by atoms with Crippen molar-refractivity contribution < 1.29 is 24.2 Å². The molecule has 0 atom stereocenters. The topological polar surface area (TPSA) is 83.9 Å². The second-order valence-corrected chi connectivity index (χ2v) is 6.92. The maximum atomic E-state index is 12.5. The van der Waals surface area contributed by atoms with E-state index in [1.807, 2.05) is 31.2 Å². The summed E-state index contributed by atoms with van der Waals surface area (Å²) in [6, 6.07) is 13.6. The van der Waals surface area contributed by atoms with Gasteiger partial charge in [-0.3, -0.25) is 14.5 Å². The first-order valence-electron chi connectivity index (χ1n) is 8.22. The van der Waals surface area contributed by atoms with E-state index < -0.39 is 5.97 Å². The number of aryl methyl sites for hydroxylation is 1. The summed E-state index contributed by atoms with van der Waals surface area (Å²) < 4.78 is 5.60. The Balaban J connectivity index is 1.63. The zero-order chi connectivity index (χ0) is 19.4. The molecule has 0 radical (unpaired) electrons. The number of ether oxygens (including phenoxy) is 1. The molecular weight excluding hydrogens is 366 g/mol. The van der Waals surface area contributed by atoms with E-state index in [-0.39, 0.29) is 29.9 Å². The minimum Gasteiger partial charge on any atom is -0.492 e. The molecule has 1 saturated heterocycles. The minimum absolute atomic E-state index is 0.161. The molecule has 1 aliphatic heterocycles. The van der Waals surface area contributed by atoms with Crippen molar-refractivity contribution in [3.8, 4) is 5.75 Å². The molecule has 0 aliphatic carbocycles. The largest absolute Gasteiger partial charge is 0.492 e. The molecule has 2 aromatic carbocycles. The van der Waals surface area contributed by atoms with Gasteiger partial charge in [0.2, 0.25) is 0 Å². The third-order valence-electron chi connectivity index (χ3n) is 3.90. The lowest BCUT2D eigenvalue weighted by Crippen LogP contribution is -2.32. The van der Waals surface area contributed by atoms with Crippen molar-refractivity contribution in [2.45, 2.75) is 6.92 Å². The summed E-state index contributed by atoms with van der Waals surface area (Å²) in [7, 11) is 0. The van der Waals surface area contributed by atoms with Gasteiger partial charge < -0.3 is 9.84 Å². The van der Waals surface area contributed by atoms with Gasteiger partial charge in [-0.25, -0.2) is 4.79 Å². The molecule has 7 heteroatoms. The highest BCUT2D eigenvalue weighted by atomic mass is 32.2. The SMILES string of the molecule is Cc1cccc(OCCN2C(=O)S/C(=C\c3ccc(C(=O)O)cc3)C2=O)c1. The number of hydrogen-bond donors (Lipinski definition) is 1. The number of aromatic carboxylic acids is 1. The molecule has 6 nitrogen and oxygen atoms in total. The van der Waals surface area contributed by atoms with Gasteiger partial charge in [0.1, 0.15) is 12.4 Å². The van der Waals surface area contributed by atoms with E-state index in [1.165, 1.54) is 12.1 Å². The fourth-order valence-corrected chi connectivity index (χ4v) is 3.39. The fraction of sp³-hybridized carbons (Fsp3) is 0.150. The molecule has 0 saturated carbocycles. The van der Waals surface area contributed by atoms with Gasteiger partial charge in [-0.05, 0) is 60.2 Å². The molecule has 1 fully saturated rings. The normalized spacial score (nSPS) is 15.4. The molecular formula is C20H17NO5S. The van der Waals surface area contributed by atoms with Crippen LogP contribution in [0.2, 0.25) is 0 Å². The zero-order valence-corrected chi connectivity index (χ0v) is 15.4. The third-order valence-corrected chi connectivity index (χ3v) is 4.81.